The maximum Gasteiger partial charge on any atom is 0.305 e. The maximum atomic E-state index is 11.1. The van der Waals surface area contributed by atoms with Gasteiger partial charge >= 0.3 is 5.97 Å². The van der Waals surface area contributed by atoms with Gasteiger partial charge in [0.05, 0.1) is 6.42 Å². The van der Waals surface area contributed by atoms with Gasteiger partial charge in [-0.2, -0.15) is 0 Å². The normalized spacial score (nSPS) is 23.2. The van der Waals surface area contributed by atoms with Crippen molar-refractivity contribution in [2.75, 3.05) is 13.1 Å². The van der Waals surface area contributed by atoms with Crippen LogP contribution in [0.2, 0.25) is 0 Å². The molecule has 12 heavy (non-hydrogen) atoms. The summed E-state index contributed by atoms with van der Waals surface area (Å²) in [6.45, 7) is 0.961. The lowest BCUT2D eigenvalue weighted by atomic mass is 10.4. The van der Waals surface area contributed by atoms with E-state index in [0.717, 1.165) is 0 Å². The third-order valence-corrected chi connectivity index (χ3v) is 2.38. The molecule has 1 heterocycles. The highest BCUT2D eigenvalue weighted by molar-refractivity contribution is 9.09. The van der Waals surface area contributed by atoms with Crippen LogP contribution in [0.5, 0.6) is 0 Å². The summed E-state index contributed by atoms with van der Waals surface area (Å²) in [7, 11) is 0. The second-order valence-electron chi connectivity index (χ2n) is 2.78. The number of halogens is 1. The van der Waals surface area contributed by atoms with Crippen LogP contribution in [0.25, 0.3) is 0 Å². The Morgan fingerprint density at radius 2 is 2.42 bits per heavy atom. The Hall–Kier alpha value is -0.580. The molecule has 0 aliphatic carbocycles. The van der Waals surface area contributed by atoms with Gasteiger partial charge in [-0.1, -0.05) is 15.9 Å². The summed E-state index contributed by atoms with van der Waals surface area (Å²) >= 11 is 3.32. The minimum Gasteiger partial charge on any atom is -0.481 e. The molecule has 4 nitrogen and oxygen atoms in total. The molecule has 5 heteroatoms. The summed E-state index contributed by atoms with van der Waals surface area (Å²) < 4.78 is 0. The van der Waals surface area contributed by atoms with Crippen LogP contribution in [0.4, 0.5) is 0 Å². The number of aliphatic carboxylic acids is 1. The molecular formula is C7H10BrNO3. The predicted octanol–water partition coefficient (Wildman–Crippen LogP) is 0.457. The van der Waals surface area contributed by atoms with Crippen molar-refractivity contribution in [1.82, 2.24) is 4.90 Å². The molecule has 0 radical (unpaired) electrons. The van der Waals surface area contributed by atoms with E-state index in [4.69, 9.17) is 5.11 Å². The summed E-state index contributed by atoms with van der Waals surface area (Å²) in [6.07, 6.45) is 0.519. The summed E-state index contributed by atoms with van der Waals surface area (Å²) in [5.41, 5.74) is 0. The molecule has 68 valence electrons. The van der Waals surface area contributed by atoms with Crippen LogP contribution in [0.3, 0.4) is 0 Å². The van der Waals surface area contributed by atoms with Crippen molar-refractivity contribution in [3.8, 4) is 0 Å². The van der Waals surface area contributed by atoms with Crippen LogP contribution in [-0.4, -0.2) is 39.8 Å². The molecule has 1 atom stereocenters. The molecule has 1 rings (SSSR count). The molecular weight excluding hydrogens is 226 g/mol. The molecule has 1 N–H and O–H groups in total. The number of carboxylic acids is 1. The van der Waals surface area contributed by atoms with Crippen molar-refractivity contribution in [1.29, 1.82) is 0 Å². The summed E-state index contributed by atoms with van der Waals surface area (Å²) in [6, 6.07) is 0. The van der Waals surface area contributed by atoms with Crippen LogP contribution in [0.15, 0.2) is 0 Å². The van der Waals surface area contributed by atoms with E-state index in [9.17, 15) is 9.59 Å². The third kappa shape index (κ3) is 2.48. The Morgan fingerprint density at radius 1 is 1.75 bits per heavy atom. The second kappa shape index (κ2) is 3.89. The van der Waals surface area contributed by atoms with E-state index in [0.29, 0.717) is 19.5 Å². The Kier molecular flexibility index (Phi) is 3.08. The van der Waals surface area contributed by atoms with Crippen molar-refractivity contribution >= 4 is 27.8 Å². The number of amides is 1. The number of hydrogen-bond acceptors (Lipinski definition) is 2. The van der Waals surface area contributed by atoms with Crippen molar-refractivity contribution < 1.29 is 14.7 Å². The van der Waals surface area contributed by atoms with Gasteiger partial charge in [-0.15, -0.1) is 0 Å². The molecule has 1 aliphatic heterocycles. The number of likely N-dealkylation sites (tertiary alicyclic amines) is 1. The topological polar surface area (TPSA) is 57.6 Å². The summed E-state index contributed by atoms with van der Waals surface area (Å²) in [4.78, 5) is 23.1. The van der Waals surface area contributed by atoms with Gasteiger partial charge in [-0.3, -0.25) is 9.59 Å². The van der Waals surface area contributed by atoms with E-state index in [-0.39, 0.29) is 17.2 Å². The minimum absolute atomic E-state index is 0.0332. The van der Waals surface area contributed by atoms with Crippen LogP contribution in [0, 0.1) is 0 Å². The van der Waals surface area contributed by atoms with Gasteiger partial charge in [0.25, 0.3) is 0 Å². The molecule has 1 unspecified atom stereocenters. The average Bonchev–Trinajstić information content (AvgIpc) is 2.26. The Labute approximate surface area is 78.7 Å². The van der Waals surface area contributed by atoms with Crippen molar-refractivity contribution in [3.05, 3.63) is 0 Å². The number of carbonyl (C=O) groups is 2. The van der Waals surface area contributed by atoms with Crippen LogP contribution in [-0.2, 0) is 9.59 Å². The molecule has 1 amide bonds. The molecule has 0 spiro atoms. The average molecular weight is 236 g/mol. The van der Waals surface area contributed by atoms with Gasteiger partial charge in [-0.25, -0.2) is 0 Å². The zero-order chi connectivity index (χ0) is 9.14. The second-order valence-corrected chi connectivity index (χ2v) is 4.08. The van der Waals surface area contributed by atoms with E-state index < -0.39 is 5.97 Å². The van der Waals surface area contributed by atoms with Crippen LogP contribution in [0.1, 0.15) is 12.8 Å². The number of nitrogens with zero attached hydrogens (tertiary/aromatic N) is 1. The highest BCUT2D eigenvalue weighted by Gasteiger charge is 2.27. The number of hydrogen-bond donors (Lipinski definition) is 1. The Bertz CT molecular complexity index is 207. The molecule has 1 saturated heterocycles. The molecule has 0 aromatic carbocycles. The monoisotopic (exact) mass is 235 g/mol. The quantitative estimate of drug-likeness (QED) is 0.724. The molecule has 1 fully saturated rings. The highest BCUT2D eigenvalue weighted by atomic mass is 79.9. The molecule has 1 aliphatic rings. The lowest BCUT2D eigenvalue weighted by molar-refractivity contribution is -0.137. The SMILES string of the molecule is O=C(O)CCN1CC(Br)CC1=O. The van der Waals surface area contributed by atoms with Gasteiger partial charge in [0.2, 0.25) is 5.91 Å². The van der Waals surface area contributed by atoms with E-state index in [1.165, 1.54) is 0 Å². The molecule has 0 aromatic heterocycles. The Balaban J connectivity index is 2.33. The standard InChI is InChI=1S/C7H10BrNO3/c8-5-3-6(10)9(4-5)2-1-7(11)12/h5H,1-4H2,(H,11,12). The van der Waals surface area contributed by atoms with Crippen LogP contribution < -0.4 is 0 Å². The van der Waals surface area contributed by atoms with Gasteiger partial charge in [0, 0.05) is 24.3 Å². The maximum absolute atomic E-state index is 11.1. The first-order chi connectivity index (χ1) is 5.59. The first-order valence-electron chi connectivity index (χ1n) is 3.73. The van der Waals surface area contributed by atoms with Crippen molar-refractivity contribution in [2.24, 2.45) is 0 Å². The van der Waals surface area contributed by atoms with Crippen molar-refractivity contribution in [2.45, 2.75) is 17.7 Å². The first-order valence-corrected chi connectivity index (χ1v) is 4.65. The highest BCUT2D eigenvalue weighted by Crippen LogP contribution is 2.17. The fourth-order valence-corrected chi connectivity index (χ4v) is 1.80. The minimum atomic E-state index is -0.860. The lowest BCUT2D eigenvalue weighted by Crippen LogP contribution is -2.27. The van der Waals surface area contributed by atoms with E-state index in [1.54, 1.807) is 4.90 Å². The van der Waals surface area contributed by atoms with Gasteiger partial charge in [0.15, 0.2) is 0 Å². The third-order valence-electron chi connectivity index (χ3n) is 1.76. The molecule has 0 aromatic rings. The largest absolute Gasteiger partial charge is 0.481 e. The summed E-state index contributed by atoms with van der Waals surface area (Å²) in [5.74, 6) is -0.820. The lowest BCUT2D eigenvalue weighted by Gasteiger charge is -2.13. The zero-order valence-electron chi connectivity index (χ0n) is 6.49. The first kappa shape index (κ1) is 9.51. The zero-order valence-corrected chi connectivity index (χ0v) is 8.08. The number of rotatable bonds is 3. The number of alkyl halides is 1. The molecule has 0 saturated carbocycles. The molecule has 0 bridgehead atoms. The van der Waals surface area contributed by atoms with Gasteiger partial charge < -0.3 is 10.0 Å². The van der Waals surface area contributed by atoms with Gasteiger partial charge in [0.1, 0.15) is 0 Å². The van der Waals surface area contributed by atoms with E-state index in [1.807, 2.05) is 0 Å². The fourth-order valence-electron chi connectivity index (χ4n) is 1.17. The number of carboxylic acid groups (broad SMARTS) is 1. The summed E-state index contributed by atoms with van der Waals surface area (Å²) in [5, 5.41) is 8.38. The van der Waals surface area contributed by atoms with Crippen molar-refractivity contribution in [3.63, 3.8) is 0 Å². The van der Waals surface area contributed by atoms with E-state index in [2.05, 4.69) is 15.9 Å². The van der Waals surface area contributed by atoms with Crippen LogP contribution >= 0.6 is 15.9 Å². The number of carbonyl (C=O) groups excluding carboxylic acids is 1. The van der Waals surface area contributed by atoms with E-state index >= 15 is 0 Å². The van der Waals surface area contributed by atoms with Gasteiger partial charge in [-0.05, 0) is 0 Å². The predicted molar refractivity (Wildman–Crippen MR) is 46.2 cm³/mol. The smallest absolute Gasteiger partial charge is 0.305 e. The Morgan fingerprint density at radius 3 is 2.83 bits per heavy atom. The fraction of sp³-hybridized carbons (Fsp3) is 0.714.